The van der Waals surface area contributed by atoms with Gasteiger partial charge >= 0.3 is 5.97 Å². The third-order valence-electron chi connectivity index (χ3n) is 4.36. The van der Waals surface area contributed by atoms with Gasteiger partial charge in [0.1, 0.15) is 0 Å². The van der Waals surface area contributed by atoms with Crippen LogP contribution in [-0.4, -0.2) is 28.8 Å². The lowest BCUT2D eigenvalue weighted by atomic mass is 10.1. The molecule has 0 aromatic heterocycles. The summed E-state index contributed by atoms with van der Waals surface area (Å²) in [6.07, 6.45) is 0. The number of imide groups is 1. The minimum absolute atomic E-state index is 0.00772. The minimum atomic E-state index is -0.941. The maximum absolute atomic E-state index is 12.7. The molecule has 0 spiro atoms. The van der Waals surface area contributed by atoms with E-state index in [0.29, 0.717) is 10.6 Å². The van der Waals surface area contributed by atoms with Crippen molar-refractivity contribution in [2.45, 2.75) is 0 Å². The van der Waals surface area contributed by atoms with E-state index in [1.807, 2.05) is 0 Å². The van der Waals surface area contributed by atoms with Crippen LogP contribution in [0.15, 0.2) is 78.9 Å². The van der Waals surface area contributed by atoms with E-state index < -0.39 is 23.7 Å². The number of carbonyl (C=O) groups is 4. The van der Waals surface area contributed by atoms with Gasteiger partial charge in [0.15, 0.2) is 0 Å². The lowest BCUT2D eigenvalue weighted by molar-refractivity contribution is -0.0583. The van der Waals surface area contributed by atoms with E-state index in [4.69, 9.17) is 4.84 Å². The first-order valence-corrected chi connectivity index (χ1v) is 8.72. The number of nitrogens with one attached hydrogen (secondary N) is 1. The van der Waals surface area contributed by atoms with E-state index in [2.05, 4.69) is 5.32 Å². The summed E-state index contributed by atoms with van der Waals surface area (Å²) in [7, 11) is 0. The topological polar surface area (TPSA) is 92.8 Å². The van der Waals surface area contributed by atoms with Gasteiger partial charge in [-0.25, -0.2) is 4.79 Å². The largest absolute Gasteiger partial charge is 0.366 e. The zero-order chi connectivity index (χ0) is 20.4. The number of carbonyl (C=O) groups excluding carboxylic acids is 4. The van der Waals surface area contributed by atoms with Crippen LogP contribution in [0.1, 0.15) is 41.4 Å². The van der Waals surface area contributed by atoms with E-state index in [9.17, 15) is 19.2 Å². The summed E-state index contributed by atoms with van der Waals surface area (Å²) >= 11 is 0. The van der Waals surface area contributed by atoms with Gasteiger partial charge in [-0.1, -0.05) is 47.5 Å². The van der Waals surface area contributed by atoms with Gasteiger partial charge in [-0.2, -0.15) is 0 Å². The van der Waals surface area contributed by atoms with Gasteiger partial charge in [-0.05, 0) is 36.4 Å². The molecule has 1 N–H and O–H groups in total. The first-order chi connectivity index (χ1) is 14.1. The molecule has 7 heteroatoms. The van der Waals surface area contributed by atoms with Gasteiger partial charge in [-0.15, -0.1) is 0 Å². The van der Waals surface area contributed by atoms with Crippen molar-refractivity contribution in [2.24, 2.45) is 0 Å². The molecule has 0 aliphatic carbocycles. The maximum Gasteiger partial charge on any atom is 0.366 e. The predicted molar refractivity (Wildman–Crippen MR) is 103 cm³/mol. The highest BCUT2D eigenvalue weighted by molar-refractivity contribution is 6.21. The normalized spacial score (nSPS) is 12.5. The van der Waals surface area contributed by atoms with Crippen molar-refractivity contribution in [2.75, 3.05) is 5.32 Å². The Morgan fingerprint density at radius 2 is 1.28 bits per heavy atom. The van der Waals surface area contributed by atoms with E-state index in [-0.39, 0.29) is 22.4 Å². The fraction of sp³-hybridized carbons (Fsp3) is 0. The second-order valence-corrected chi connectivity index (χ2v) is 6.19. The van der Waals surface area contributed by atoms with E-state index in [0.717, 1.165) is 0 Å². The average molecular weight is 386 g/mol. The first kappa shape index (κ1) is 18.1. The second kappa shape index (κ2) is 7.40. The molecule has 4 rings (SSSR count). The van der Waals surface area contributed by atoms with Crippen molar-refractivity contribution >= 4 is 29.4 Å². The number of fused-ring (bicyclic) bond motifs is 1. The third kappa shape index (κ3) is 3.37. The standard InChI is InChI=1S/C22H14N2O5/c25-19(14-8-2-1-3-9-14)23-18-13-7-6-12-17(18)22(28)29-24-20(26)15-10-4-5-11-16(15)21(24)27/h1-13H,(H,23,25). The molecular weight excluding hydrogens is 372 g/mol. The Morgan fingerprint density at radius 3 is 1.93 bits per heavy atom. The Balaban J connectivity index is 1.55. The Hall–Kier alpha value is -4.26. The molecule has 1 aliphatic heterocycles. The zero-order valence-corrected chi connectivity index (χ0v) is 15.0. The number of amides is 3. The van der Waals surface area contributed by atoms with Crippen molar-refractivity contribution in [3.8, 4) is 0 Å². The number of anilines is 1. The average Bonchev–Trinajstić information content (AvgIpc) is 3.00. The van der Waals surface area contributed by atoms with Crippen LogP contribution in [0.2, 0.25) is 0 Å². The number of para-hydroxylation sites is 1. The molecule has 0 unspecified atom stereocenters. The highest BCUT2D eigenvalue weighted by Crippen LogP contribution is 2.25. The van der Waals surface area contributed by atoms with Crippen LogP contribution >= 0.6 is 0 Å². The van der Waals surface area contributed by atoms with E-state index in [1.54, 1.807) is 54.6 Å². The summed E-state index contributed by atoms with van der Waals surface area (Å²) in [4.78, 5) is 54.9. The van der Waals surface area contributed by atoms with Crippen LogP contribution in [0.5, 0.6) is 0 Å². The lowest BCUT2D eigenvalue weighted by Crippen LogP contribution is -2.33. The fourth-order valence-electron chi connectivity index (χ4n) is 2.94. The van der Waals surface area contributed by atoms with Crippen LogP contribution in [0.25, 0.3) is 0 Å². The molecule has 142 valence electrons. The van der Waals surface area contributed by atoms with Crippen molar-refractivity contribution in [1.29, 1.82) is 0 Å². The number of benzene rings is 3. The maximum atomic E-state index is 12.7. The van der Waals surface area contributed by atoms with Gasteiger partial charge in [0.25, 0.3) is 17.7 Å². The Bertz CT molecular complexity index is 1110. The summed E-state index contributed by atoms with van der Waals surface area (Å²) in [6, 6.07) is 20.9. The lowest BCUT2D eigenvalue weighted by Gasteiger charge is -2.15. The molecule has 29 heavy (non-hydrogen) atoms. The van der Waals surface area contributed by atoms with Gasteiger partial charge in [0.2, 0.25) is 0 Å². The van der Waals surface area contributed by atoms with E-state index >= 15 is 0 Å². The van der Waals surface area contributed by atoms with Crippen LogP contribution in [0.3, 0.4) is 0 Å². The smallest absolute Gasteiger partial charge is 0.324 e. The molecule has 7 nitrogen and oxygen atoms in total. The molecule has 3 aromatic rings. The number of hydroxylamine groups is 2. The summed E-state index contributed by atoms with van der Waals surface area (Å²) in [5.41, 5.74) is 0.944. The van der Waals surface area contributed by atoms with Gasteiger partial charge in [-0.3, -0.25) is 14.4 Å². The SMILES string of the molecule is O=C(Nc1ccccc1C(=O)ON1C(=O)c2ccccc2C1=O)c1ccccc1. The van der Waals surface area contributed by atoms with Crippen molar-refractivity contribution in [3.63, 3.8) is 0 Å². The highest BCUT2D eigenvalue weighted by atomic mass is 16.7. The molecule has 0 saturated carbocycles. The molecule has 3 amide bonds. The Kier molecular flexibility index (Phi) is 4.62. The zero-order valence-electron chi connectivity index (χ0n) is 15.0. The second-order valence-electron chi connectivity index (χ2n) is 6.19. The van der Waals surface area contributed by atoms with Crippen LogP contribution in [-0.2, 0) is 4.84 Å². The first-order valence-electron chi connectivity index (χ1n) is 8.72. The van der Waals surface area contributed by atoms with Crippen LogP contribution in [0, 0.1) is 0 Å². The van der Waals surface area contributed by atoms with E-state index in [1.165, 1.54) is 24.3 Å². The molecule has 1 heterocycles. The summed E-state index contributed by atoms with van der Waals surface area (Å²) in [5, 5.41) is 3.08. The number of hydrogen-bond acceptors (Lipinski definition) is 5. The Morgan fingerprint density at radius 1 is 0.724 bits per heavy atom. The molecule has 0 atom stereocenters. The van der Waals surface area contributed by atoms with Gasteiger partial charge in [0, 0.05) is 5.56 Å². The third-order valence-corrected chi connectivity index (χ3v) is 4.36. The van der Waals surface area contributed by atoms with Crippen molar-refractivity contribution in [3.05, 3.63) is 101 Å². The summed E-state index contributed by atoms with van der Waals surface area (Å²) in [5.74, 6) is -2.79. The monoisotopic (exact) mass is 386 g/mol. The van der Waals surface area contributed by atoms with Gasteiger partial charge < -0.3 is 10.2 Å². The fourth-order valence-corrected chi connectivity index (χ4v) is 2.94. The molecule has 3 aromatic carbocycles. The number of rotatable bonds is 4. The molecule has 0 radical (unpaired) electrons. The quantitative estimate of drug-likeness (QED) is 0.695. The van der Waals surface area contributed by atoms with Gasteiger partial charge in [0.05, 0.1) is 22.4 Å². The summed E-state index contributed by atoms with van der Waals surface area (Å²) in [6.45, 7) is 0. The minimum Gasteiger partial charge on any atom is -0.324 e. The molecule has 0 saturated heterocycles. The van der Waals surface area contributed by atoms with Crippen LogP contribution in [0.4, 0.5) is 5.69 Å². The van der Waals surface area contributed by atoms with Crippen LogP contribution < -0.4 is 5.32 Å². The summed E-state index contributed by atoms with van der Waals surface area (Å²) < 4.78 is 0. The van der Waals surface area contributed by atoms with Crippen molar-refractivity contribution < 1.29 is 24.0 Å². The molecule has 0 bridgehead atoms. The highest BCUT2D eigenvalue weighted by Gasteiger charge is 2.39. The number of hydrogen-bond donors (Lipinski definition) is 1. The molecule has 0 fully saturated rings. The predicted octanol–water partition coefficient (Wildman–Crippen LogP) is 3.31. The molecular formula is C22H14N2O5. The Labute approximate surface area is 165 Å². The number of nitrogens with zero attached hydrogens (tertiary/aromatic N) is 1. The molecule has 1 aliphatic rings. The van der Waals surface area contributed by atoms with Crippen molar-refractivity contribution in [1.82, 2.24) is 5.06 Å².